The van der Waals surface area contributed by atoms with Crippen LogP contribution in [-0.4, -0.2) is 213 Å². The van der Waals surface area contributed by atoms with Crippen molar-refractivity contribution in [2.75, 3.05) is 20.3 Å². The van der Waals surface area contributed by atoms with E-state index in [4.69, 9.17) is 79.6 Å². The number of ether oxygens (including phenoxy) is 7. The fourth-order valence-electron chi connectivity index (χ4n) is 15.2. The first-order chi connectivity index (χ1) is 58.5. The van der Waals surface area contributed by atoms with E-state index < -0.39 is 299 Å². The average Bonchev–Trinajstić information content (AvgIpc) is 0.749. The van der Waals surface area contributed by atoms with Crippen LogP contribution in [0.1, 0.15) is 140 Å². The monoisotopic (exact) mass is 1790 g/mol. The quantitative estimate of drug-likeness (QED) is 0.0558. The number of benzene rings is 7. The first-order valence-electron chi connectivity index (χ1n) is 38.7. The molecule has 22 N–H and O–H groups in total. The number of rotatable bonds is 17. The van der Waals surface area contributed by atoms with Crippen molar-refractivity contribution < 1.29 is 143 Å². The number of hydrogen-bond donors (Lipinski definition) is 22. The van der Waals surface area contributed by atoms with Crippen molar-refractivity contribution in [1.29, 1.82) is 0 Å². The zero-order chi connectivity index (χ0) is 88.6. The highest BCUT2D eigenvalue weighted by atomic mass is 35.5. The fraction of sp³-hybridized carbons (Fsp3) is 0.390. The van der Waals surface area contributed by atoms with Gasteiger partial charge in [-0.2, -0.15) is 0 Å². The van der Waals surface area contributed by atoms with Crippen molar-refractivity contribution in [3.8, 4) is 80.1 Å². The van der Waals surface area contributed by atoms with Gasteiger partial charge >= 0.3 is 5.97 Å². The molecule has 656 valence electrons. The predicted octanol–water partition coefficient (Wildman–Crippen LogP) is 4.50. The second kappa shape index (κ2) is 37.7. The summed E-state index contributed by atoms with van der Waals surface area (Å²) in [5.74, 6) is -18.9. The molecule has 2 fully saturated rings. The number of carbonyl (C=O) groups excluding carboxylic acids is 7. The molecular formula is C82H86Cl4N8O29. The van der Waals surface area contributed by atoms with Gasteiger partial charge in [0.15, 0.2) is 34.8 Å². The van der Waals surface area contributed by atoms with Crippen LogP contribution in [0.25, 0.3) is 11.1 Å². The van der Waals surface area contributed by atoms with Crippen molar-refractivity contribution in [2.24, 2.45) is 5.92 Å². The van der Waals surface area contributed by atoms with Crippen LogP contribution >= 0.6 is 46.4 Å². The molecule has 17 bridgehead atoms. The van der Waals surface area contributed by atoms with E-state index in [1.165, 1.54) is 25.2 Å². The van der Waals surface area contributed by atoms with Crippen LogP contribution in [0.4, 0.5) is 0 Å². The third-order valence-electron chi connectivity index (χ3n) is 21.7. The topological polar surface area (TPSA) is 581 Å². The number of likely N-dealkylation sites (N-methyl/N-ethyl adjacent to an activating group) is 1. The molecule has 0 aromatic heterocycles. The summed E-state index contributed by atoms with van der Waals surface area (Å²) in [6.45, 7) is 2.19. The Morgan fingerprint density at radius 2 is 1.07 bits per heavy atom. The van der Waals surface area contributed by atoms with Gasteiger partial charge in [-0.15, -0.1) is 0 Å². The summed E-state index contributed by atoms with van der Waals surface area (Å²) in [7, 11) is 1.35. The Morgan fingerprint density at radius 1 is 0.496 bits per heavy atom. The number of hydrogen-bond acceptors (Lipinski definition) is 29. The van der Waals surface area contributed by atoms with Gasteiger partial charge in [-0.1, -0.05) is 111 Å². The Balaban J connectivity index is 1.06. The van der Waals surface area contributed by atoms with Crippen LogP contribution in [-0.2, 0) is 47.8 Å². The fourth-order valence-corrected chi connectivity index (χ4v) is 16.2. The highest BCUT2D eigenvalue weighted by Gasteiger charge is 2.50. The van der Waals surface area contributed by atoms with Crippen molar-refractivity contribution in [2.45, 2.75) is 175 Å². The SMILES string of the molecule is CN[C@H]1C(=O)N[C@H]2C(=O)N[C@H](C(=O)N[C@@H]3C(=O)N[C@@H]4C(=O)N[C@H](C(=O)N[C@@H](C(=O)O)c5cc(O)cc(O[C@H]6O[C@@H](CO)[C@H](O)[C@H](O)[C@H]6O)c5-c5cc4ccc5O)[C@H](O)c4cc(Cl)c(c(Cl)c4)Oc4cc3cc(c4O[C@@H]3O[C@H](CO)[C@@H](O)[C@H](O)[C@H]3NC(=O)CCCCCCCC(C)C)Oc3ccc(cc3Cl)[C@H]2O)c2cc(cc(O)c2Cl)Oc2cc1ccc2O. The molecule has 37 nitrogen and oxygen atoms in total. The first-order valence-corrected chi connectivity index (χ1v) is 40.3. The molecule has 0 radical (unpaired) electrons. The molecule has 19 atom stereocenters. The Bertz CT molecular complexity index is 5240. The predicted molar refractivity (Wildman–Crippen MR) is 430 cm³/mol. The molecule has 7 aromatic rings. The van der Waals surface area contributed by atoms with Gasteiger partial charge in [0.2, 0.25) is 59.7 Å². The van der Waals surface area contributed by atoms with Crippen molar-refractivity contribution >= 4 is 93.7 Å². The highest BCUT2D eigenvalue weighted by Crippen LogP contribution is 2.52. The number of aromatic hydroxyl groups is 4. The summed E-state index contributed by atoms with van der Waals surface area (Å²) in [4.78, 5) is 123. The zero-order valence-corrected chi connectivity index (χ0v) is 68.1. The Labute approximate surface area is 718 Å². The number of aliphatic hydroxyl groups excluding tert-OH is 9. The summed E-state index contributed by atoms with van der Waals surface area (Å²) in [5.41, 5.74) is -4.31. The number of phenolic OH excluding ortho intramolecular Hbond substituents is 4. The van der Waals surface area contributed by atoms with E-state index in [0.29, 0.717) is 18.8 Å². The number of carbonyl (C=O) groups is 8. The average molecular weight is 1790 g/mol. The molecule has 15 rings (SSSR count). The van der Waals surface area contributed by atoms with Crippen LogP contribution in [0, 0.1) is 5.92 Å². The molecule has 7 amide bonds. The Hall–Kier alpha value is -10.8. The third-order valence-corrected chi connectivity index (χ3v) is 22.9. The summed E-state index contributed by atoms with van der Waals surface area (Å²) < 4.78 is 44.2. The standard InChI is InChI=1S/C82H86Cl4N8O29/c1-30(2)9-7-5-4-6-8-10-54(101)88-64-69(106)67(104)52(28-95)121-81(64)123-73-50-22-34-23-51(73)119-72-42(84)19-35(20-43(72)85)66(103)63-79(114)92-61(80(115)116)39-24-36(97)25-49(120-82-71(108)70(107)68(105)53(29-96)122-82)55(39)38-17-31(11-14-44(38)98)58(75(110)94-63)89-76(111)59(34)90-77(112)60-40-26-37(27-46(100)56(40)86)117-48-21-32(12-15-45(48)99)57(87-3)74(109)93-62(78(113)91-60)65(102)33-13-16-47(118-50)41(83)18-33/h11-27,30,52-53,57-71,81-82,87,95-100,102-108H,4-10,28-29H2,1-3H3,(H,88,101)(H,89,111)(H,90,112)(H,91,113)(H,92,114)(H,93,109)(H,94,110)(H,115,116)/t52-,53+,57-,58+,59+,60+,61-,62-,63+,64-,65-,66-,67-,68+,69-,70+,71-,81+,82+/m1/s1. The molecule has 123 heavy (non-hydrogen) atoms. The van der Waals surface area contributed by atoms with Gasteiger partial charge in [-0.25, -0.2) is 4.79 Å². The lowest BCUT2D eigenvalue weighted by Gasteiger charge is -2.42. The maximum atomic E-state index is 16.7. The van der Waals surface area contributed by atoms with E-state index in [9.17, 15) is 85.9 Å². The van der Waals surface area contributed by atoms with Crippen molar-refractivity contribution in [1.82, 2.24) is 42.5 Å². The van der Waals surface area contributed by atoms with Gasteiger partial charge in [-0.3, -0.25) is 33.6 Å². The molecular weight excluding hydrogens is 1700 g/mol. The van der Waals surface area contributed by atoms with Gasteiger partial charge < -0.3 is 147 Å². The van der Waals surface area contributed by atoms with Gasteiger partial charge in [-0.05, 0) is 120 Å². The summed E-state index contributed by atoms with van der Waals surface area (Å²) in [5, 5.41) is 179. The number of fused-ring (bicyclic) bond motifs is 14. The van der Waals surface area contributed by atoms with E-state index in [2.05, 4.69) is 56.4 Å². The number of aliphatic carboxylic acids is 1. The molecule has 2 saturated heterocycles. The smallest absolute Gasteiger partial charge is 0.330 e. The maximum Gasteiger partial charge on any atom is 0.330 e. The number of carboxylic acid groups (broad SMARTS) is 1. The molecule has 0 unspecified atom stereocenters. The minimum absolute atomic E-state index is 0.0858. The number of aliphatic hydroxyl groups is 9. The number of carboxylic acids is 1. The maximum absolute atomic E-state index is 16.7. The molecule has 8 aliphatic heterocycles. The first kappa shape index (κ1) is 89.9. The molecule has 0 spiro atoms. The summed E-state index contributed by atoms with van der Waals surface area (Å²) in [6.07, 6.45) is -18.2. The van der Waals surface area contributed by atoms with Gasteiger partial charge in [0.25, 0.3) is 0 Å². The molecule has 8 heterocycles. The number of phenols is 4. The van der Waals surface area contributed by atoms with Crippen molar-refractivity contribution in [3.63, 3.8) is 0 Å². The molecule has 0 aliphatic carbocycles. The van der Waals surface area contributed by atoms with Crippen molar-refractivity contribution in [3.05, 3.63) is 162 Å². The van der Waals surface area contributed by atoms with Crippen LogP contribution in [0.3, 0.4) is 0 Å². The number of nitrogens with one attached hydrogen (secondary N) is 8. The van der Waals surface area contributed by atoms with Gasteiger partial charge in [0.1, 0.15) is 132 Å². The lowest BCUT2D eigenvalue weighted by Crippen LogP contribution is -2.65. The lowest BCUT2D eigenvalue weighted by molar-refractivity contribution is -0.277. The minimum Gasteiger partial charge on any atom is -0.508 e. The van der Waals surface area contributed by atoms with Gasteiger partial charge in [0.05, 0.1) is 33.3 Å². The highest BCUT2D eigenvalue weighted by molar-refractivity contribution is 6.37. The van der Waals surface area contributed by atoms with Crippen LogP contribution in [0.2, 0.25) is 20.1 Å². The zero-order valence-electron chi connectivity index (χ0n) is 65.1. The number of halogens is 4. The molecule has 0 saturated carbocycles. The number of unbranched alkanes of at least 4 members (excludes halogenated alkanes) is 4. The Morgan fingerprint density at radius 3 is 1.73 bits per heavy atom. The van der Waals surface area contributed by atoms with Crippen LogP contribution in [0.5, 0.6) is 69.0 Å². The van der Waals surface area contributed by atoms with Gasteiger partial charge in [0, 0.05) is 40.8 Å². The minimum atomic E-state index is -2.55. The molecule has 7 aromatic carbocycles. The van der Waals surface area contributed by atoms with Crippen LogP contribution < -0.4 is 66.2 Å². The second-order valence-corrected chi connectivity index (χ2v) is 32.1. The Kier molecular flexibility index (Phi) is 27.6. The molecule has 41 heteroatoms. The normalized spacial score (nSPS) is 27.0. The summed E-state index contributed by atoms with van der Waals surface area (Å²) >= 11 is 28.6. The van der Waals surface area contributed by atoms with E-state index in [-0.39, 0.29) is 23.3 Å². The van der Waals surface area contributed by atoms with E-state index in [1.807, 2.05) is 0 Å². The van der Waals surface area contributed by atoms with E-state index >= 15 is 24.0 Å². The lowest BCUT2D eigenvalue weighted by atomic mass is 9.89. The van der Waals surface area contributed by atoms with E-state index in [0.717, 1.165) is 111 Å². The second-order valence-electron chi connectivity index (χ2n) is 30.5. The molecule has 8 aliphatic rings. The van der Waals surface area contributed by atoms with Crippen LogP contribution in [0.15, 0.2) is 103 Å². The summed E-state index contributed by atoms with van der Waals surface area (Å²) in [6, 6.07) is -0.564. The number of amides is 7. The van der Waals surface area contributed by atoms with E-state index in [1.54, 1.807) is 0 Å². The largest absolute Gasteiger partial charge is 0.508 e. The third kappa shape index (κ3) is 19.0.